The number of ether oxygens (including phenoxy) is 2. The fourth-order valence-corrected chi connectivity index (χ4v) is 1.04. The summed E-state index contributed by atoms with van der Waals surface area (Å²) >= 11 is 0. The Balaban J connectivity index is 2.89. The third kappa shape index (κ3) is 13.3. The lowest BCUT2D eigenvalue weighted by Crippen LogP contribution is -2.22. The highest BCUT2D eigenvalue weighted by atomic mass is 16.5. The lowest BCUT2D eigenvalue weighted by Gasteiger charge is -2.04. The fourth-order valence-electron chi connectivity index (χ4n) is 1.04. The van der Waals surface area contributed by atoms with Crippen molar-refractivity contribution in [3.8, 4) is 0 Å². The maximum absolute atomic E-state index is 10.4. The van der Waals surface area contributed by atoms with E-state index in [-0.39, 0.29) is 5.91 Å². The van der Waals surface area contributed by atoms with Gasteiger partial charge in [-0.25, -0.2) is 0 Å². The fraction of sp³-hybridized carbons (Fsp3) is 0.900. The molecule has 15 heavy (non-hydrogen) atoms. The molecule has 3 N–H and O–H groups in total. The molecule has 0 aromatic rings. The van der Waals surface area contributed by atoms with Crippen molar-refractivity contribution in [3.05, 3.63) is 0 Å². The van der Waals surface area contributed by atoms with Crippen molar-refractivity contribution in [3.63, 3.8) is 0 Å². The molecule has 0 rings (SSSR count). The number of methoxy groups -OCH3 is 1. The second kappa shape index (κ2) is 11.4. The van der Waals surface area contributed by atoms with Gasteiger partial charge >= 0.3 is 0 Å². The molecule has 0 aromatic heterocycles. The molecule has 0 saturated carbocycles. The number of nitrogens with one attached hydrogen (secondary N) is 1. The van der Waals surface area contributed by atoms with Gasteiger partial charge < -0.3 is 20.5 Å². The summed E-state index contributed by atoms with van der Waals surface area (Å²) in [4.78, 5) is 10.4. The van der Waals surface area contributed by atoms with Crippen LogP contribution < -0.4 is 11.1 Å². The van der Waals surface area contributed by atoms with Crippen LogP contribution in [0.15, 0.2) is 0 Å². The zero-order valence-corrected chi connectivity index (χ0v) is 9.46. The SMILES string of the molecule is COCCOCCCCNCCC(N)=O. The first-order valence-corrected chi connectivity index (χ1v) is 5.33. The average Bonchev–Trinajstić information content (AvgIpc) is 2.20. The zero-order chi connectivity index (χ0) is 11.4. The second-order valence-electron chi connectivity index (χ2n) is 3.28. The monoisotopic (exact) mass is 218 g/mol. The number of nitrogens with two attached hydrogens (primary N) is 1. The van der Waals surface area contributed by atoms with Crippen LogP contribution in [-0.2, 0) is 14.3 Å². The molecule has 0 saturated heterocycles. The Labute approximate surface area is 91.3 Å². The molecule has 5 nitrogen and oxygen atoms in total. The first-order valence-electron chi connectivity index (χ1n) is 5.33. The number of amides is 1. The predicted octanol–water partition coefficient (Wildman–Crippen LogP) is -0.105. The first kappa shape index (κ1) is 14.3. The average molecular weight is 218 g/mol. The van der Waals surface area contributed by atoms with E-state index in [2.05, 4.69) is 5.32 Å². The van der Waals surface area contributed by atoms with E-state index in [0.29, 0.717) is 26.2 Å². The lowest BCUT2D eigenvalue weighted by molar-refractivity contribution is -0.117. The number of rotatable bonds is 11. The Kier molecular flexibility index (Phi) is 10.9. The molecular formula is C10H22N2O3. The van der Waals surface area contributed by atoms with Crippen LogP contribution in [0.3, 0.4) is 0 Å². The minimum Gasteiger partial charge on any atom is -0.382 e. The molecule has 0 aliphatic heterocycles. The van der Waals surface area contributed by atoms with Gasteiger partial charge in [0.25, 0.3) is 0 Å². The standard InChI is InChI=1S/C10H22N2O3/c1-14-8-9-15-7-3-2-5-12-6-4-10(11)13/h12H,2-9H2,1H3,(H2,11,13). The molecule has 5 heteroatoms. The van der Waals surface area contributed by atoms with Gasteiger partial charge in [-0.2, -0.15) is 0 Å². The topological polar surface area (TPSA) is 73.6 Å². The lowest BCUT2D eigenvalue weighted by atomic mass is 10.3. The summed E-state index contributed by atoms with van der Waals surface area (Å²) in [5.74, 6) is -0.259. The van der Waals surface area contributed by atoms with Crippen LogP contribution in [0, 0.1) is 0 Å². The highest BCUT2D eigenvalue weighted by Gasteiger charge is 1.93. The smallest absolute Gasteiger partial charge is 0.218 e. The molecule has 0 radical (unpaired) electrons. The van der Waals surface area contributed by atoms with Gasteiger partial charge in [0.15, 0.2) is 0 Å². The summed E-state index contributed by atoms with van der Waals surface area (Å²) in [5.41, 5.74) is 4.99. The van der Waals surface area contributed by atoms with Crippen molar-refractivity contribution in [1.82, 2.24) is 5.32 Å². The van der Waals surface area contributed by atoms with Gasteiger partial charge in [-0.1, -0.05) is 0 Å². The van der Waals surface area contributed by atoms with Gasteiger partial charge in [-0.05, 0) is 19.4 Å². The van der Waals surface area contributed by atoms with Crippen molar-refractivity contribution < 1.29 is 14.3 Å². The van der Waals surface area contributed by atoms with Crippen LogP contribution in [0.2, 0.25) is 0 Å². The van der Waals surface area contributed by atoms with E-state index in [1.54, 1.807) is 7.11 Å². The third-order valence-corrected chi connectivity index (χ3v) is 1.87. The molecule has 0 aromatic carbocycles. The van der Waals surface area contributed by atoms with E-state index in [4.69, 9.17) is 15.2 Å². The maximum Gasteiger partial charge on any atom is 0.218 e. The van der Waals surface area contributed by atoms with E-state index >= 15 is 0 Å². The summed E-state index contributed by atoms with van der Waals surface area (Å²) in [6, 6.07) is 0. The van der Waals surface area contributed by atoms with Crippen LogP contribution in [0.25, 0.3) is 0 Å². The Morgan fingerprint density at radius 3 is 2.67 bits per heavy atom. The number of hydrogen-bond acceptors (Lipinski definition) is 4. The predicted molar refractivity (Wildman–Crippen MR) is 58.6 cm³/mol. The molecular weight excluding hydrogens is 196 g/mol. The minimum absolute atomic E-state index is 0.259. The van der Waals surface area contributed by atoms with Crippen molar-refractivity contribution in [2.75, 3.05) is 40.0 Å². The molecule has 0 atom stereocenters. The first-order chi connectivity index (χ1) is 7.27. The summed E-state index contributed by atoms with van der Waals surface area (Å²) in [5, 5.41) is 3.14. The van der Waals surface area contributed by atoms with Crippen LogP contribution in [0.1, 0.15) is 19.3 Å². The minimum atomic E-state index is -0.259. The van der Waals surface area contributed by atoms with E-state index in [9.17, 15) is 4.79 Å². The van der Waals surface area contributed by atoms with Gasteiger partial charge in [0.1, 0.15) is 0 Å². The number of carbonyl (C=O) groups excluding carboxylic acids is 1. The largest absolute Gasteiger partial charge is 0.382 e. The Bertz CT molecular complexity index is 154. The molecule has 0 aliphatic carbocycles. The summed E-state index contributed by atoms with van der Waals surface area (Å²) in [6.07, 6.45) is 2.48. The normalized spacial score (nSPS) is 10.5. The molecule has 0 aliphatic rings. The number of unbranched alkanes of at least 4 members (excludes halogenated alkanes) is 1. The van der Waals surface area contributed by atoms with Crippen LogP contribution in [0.5, 0.6) is 0 Å². The molecule has 1 amide bonds. The summed E-state index contributed by atoms with van der Waals surface area (Å²) in [6.45, 7) is 3.64. The van der Waals surface area contributed by atoms with Crippen molar-refractivity contribution >= 4 is 5.91 Å². The molecule has 0 spiro atoms. The van der Waals surface area contributed by atoms with Crippen molar-refractivity contribution in [2.45, 2.75) is 19.3 Å². The van der Waals surface area contributed by atoms with E-state index in [1.807, 2.05) is 0 Å². The second-order valence-corrected chi connectivity index (χ2v) is 3.28. The number of primary amides is 1. The van der Waals surface area contributed by atoms with E-state index in [0.717, 1.165) is 26.0 Å². The Morgan fingerprint density at radius 2 is 2.00 bits per heavy atom. The third-order valence-electron chi connectivity index (χ3n) is 1.87. The molecule has 0 bridgehead atoms. The molecule has 0 heterocycles. The van der Waals surface area contributed by atoms with E-state index in [1.165, 1.54) is 0 Å². The molecule has 90 valence electrons. The van der Waals surface area contributed by atoms with Gasteiger partial charge in [-0.15, -0.1) is 0 Å². The van der Waals surface area contributed by atoms with E-state index < -0.39 is 0 Å². The highest BCUT2D eigenvalue weighted by Crippen LogP contribution is 1.88. The molecule has 0 unspecified atom stereocenters. The zero-order valence-electron chi connectivity index (χ0n) is 9.46. The number of hydrogen-bond donors (Lipinski definition) is 2. The van der Waals surface area contributed by atoms with Gasteiger partial charge in [0, 0.05) is 26.7 Å². The molecule has 0 fully saturated rings. The van der Waals surface area contributed by atoms with Gasteiger partial charge in [0.05, 0.1) is 13.2 Å². The van der Waals surface area contributed by atoms with Gasteiger partial charge in [-0.3, -0.25) is 4.79 Å². The van der Waals surface area contributed by atoms with Crippen LogP contribution >= 0.6 is 0 Å². The Hall–Kier alpha value is -0.650. The number of carbonyl (C=O) groups is 1. The van der Waals surface area contributed by atoms with Crippen LogP contribution in [0.4, 0.5) is 0 Å². The summed E-state index contributed by atoms with van der Waals surface area (Å²) in [7, 11) is 1.66. The summed E-state index contributed by atoms with van der Waals surface area (Å²) < 4.78 is 10.1. The Morgan fingerprint density at radius 1 is 1.20 bits per heavy atom. The quantitative estimate of drug-likeness (QED) is 0.475. The van der Waals surface area contributed by atoms with Crippen molar-refractivity contribution in [1.29, 1.82) is 0 Å². The highest BCUT2D eigenvalue weighted by molar-refractivity contribution is 5.73. The van der Waals surface area contributed by atoms with Crippen molar-refractivity contribution in [2.24, 2.45) is 5.73 Å². The van der Waals surface area contributed by atoms with Crippen LogP contribution in [-0.4, -0.2) is 45.9 Å². The maximum atomic E-state index is 10.4. The van der Waals surface area contributed by atoms with Gasteiger partial charge in [0.2, 0.25) is 5.91 Å².